The second kappa shape index (κ2) is 8.70. The summed E-state index contributed by atoms with van der Waals surface area (Å²) in [4.78, 5) is 16.8. The molecule has 3 rings (SSSR count). The van der Waals surface area contributed by atoms with Gasteiger partial charge in [-0.1, -0.05) is 6.07 Å². The summed E-state index contributed by atoms with van der Waals surface area (Å²) in [6.07, 6.45) is -4.00. The van der Waals surface area contributed by atoms with Gasteiger partial charge in [0, 0.05) is 31.4 Å². The molecule has 0 aliphatic carbocycles. The van der Waals surface area contributed by atoms with Gasteiger partial charge in [-0.2, -0.15) is 17.5 Å². The van der Waals surface area contributed by atoms with E-state index in [1.54, 1.807) is 31.7 Å². The Labute approximate surface area is 184 Å². The number of pyridine rings is 1. The Bertz CT molecular complexity index is 1090. The molecular formula is C21H24F3N3O4S. The Kier molecular flexibility index (Phi) is 6.52. The molecule has 1 aromatic carbocycles. The molecule has 32 heavy (non-hydrogen) atoms. The van der Waals surface area contributed by atoms with E-state index in [1.807, 2.05) is 0 Å². The minimum atomic E-state index is -4.48. The summed E-state index contributed by atoms with van der Waals surface area (Å²) >= 11 is 0. The van der Waals surface area contributed by atoms with Crippen molar-refractivity contribution in [3.8, 4) is 0 Å². The fourth-order valence-corrected chi connectivity index (χ4v) is 5.85. The molecule has 2 heterocycles. The molecule has 1 unspecified atom stereocenters. The smallest absolute Gasteiger partial charge is 0.417 e. The van der Waals surface area contributed by atoms with Crippen molar-refractivity contribution < 1.29 is 31.5 Å². The van der Waals surface area contributed by atoms with Gasteiger partial charge in [-0.05, 0) is 56.2 Å². The molecule has 1 aliphatic heterocycles. The number of sulfonamides is 1. The Balaban J connectivity index is 1.84. The number of carbonyl (C=O) groups is 1. The molecule has 1 fully saturated rings. The van der Waals surface area contributed by atoms with Crippen LogP contribution in [0.1, 0.15) is 30.5 Å². The third kappa shape index (κ3) is 4.88. The zero-order chi connectivity index (χ0) is 23.8. The number of piperazine rings is 1. The number of carboxylic acid groups (broad SMARTS) is 1. The van der Waals surface area contributed by atoms with E-state index in [0.717, 1.165) is 12.3 Å². The van der Waals surface area contributed by atoms with Crippen molar-refractivity contribution in [2.45, 2.75) is 50.3 Å². The van der Waals surface area contributed by atoms with E-state index >= 15 is 0 Å². The number of carboxylic acids is 1. The second-order valence-electron chi connectivity index (χ2n) is 8.00. The lowest BCUT2D eigenvalue weighted by Gasteiger charge is -2.43. The van der Waals surface area contributed by atoms with Gasteiger partial charge in [-0.15, -0.1) is 0 Å². The van der Waals surface area contributed by atoms with Crippen molar-refractivity contribution in [3.63, 3.8) is 0 Å². The zero-order valence-electron chi connectivity index (χ0n) is 17.8. The lowest BCUT2D eigenvalue weighted by atomic mass is 10.1. The topological polar surface area (TPSA) is 90.8 Å². The third-order valence-electron chi connectivity index (χ3n) is 5.47. The van der Waals surface area contributed by atoms with Crippen LogP contribution >= 0.6 is 0 Å². The summed E-state index contributed by atoms with van der Waals surface area (Å²) in [6.45, 7) is 5.65. The maximum absolute atomic E-state index is 13.4. The van der Waals surface area contributed by atoms with Crippen molar-refractivity contribution in [1.29, 1.82) is 0 Å². The molecule has 1 aliphatic rings. The van der Waals surface area contributed by atoms with E-state index in [1.165, 1.54) is 22.5 Å². The van der Waals surface area contributed by atoms with Crippen LogP contribution in [0.4, 0.5) is 19.0 Å². The molecule has 0 radical (unpaired) electrons. The predicted octanol–water partition coefficient (Wildman–Crippen LogP) is 3.32. The van der Waals surface area contributed by atoms with Crippen LogP contribution < -0.4 is 4.90 Å². The molecule has 0 bridgehead atoms. The molecule has 0 amide bonds. The lowest BCUT2D eigenvalue weighted by molar-refractivity contribution is -0.138. The molecule has 0 saturated carbocycles. The van der Waals surface area contributed by atoms with Gasteiger partial charge in [-0.3, -0.25) is 4.79 Å². The molecule has 2 atom stereocenters. The number of aliphatic carboxylic acids is 1. The highest BCUT2D eigenvalue weighted by Gasteiger charge is 2.39. The molecule has 2 aromatic rings. The standard InChI is InChI=1S/C21H24F3N3O4S/c1-13-4-6-18(8-16(13)9-20(28)29)32(30,31)27-14(2)11-26(12-15(27)3)19-7-5-17(10-25-19)21(22,23)24/h4-8,10,14-15H,9,11-12H2,1-3H3,(H,28,29)/t14-,15?/m0/s1. The van der Waals surface area contributed by atoms with Gasteiger partial charge < -0.3 is 10.0 Å². The summed E-state index contributed by atoms with van der Waals surface area (Å²) in [5, 5.41) is 9.08. The van der Waals surface area contributed by atoms with Crippen LogP contribution in [-0.4, -0.2) is 54.0 Å². The molecule has 0 spiro atoms. The SMILES string of the molecule is Cc1ccc(S(=O)(=O)N2C(C)CN(c3ccc(C(F)(F)F)cn3)C[C@@H]2C)cc1CC(=O)O. The molecule has 1 saturated heterocycles. The van der Waals surface area contributed by atoms with E-state index in [0.29, 0.717) is 16.9 Å². The number of hydrogen-bond acceptors (Lipinski definition) is 5. The first-order valence-electron chi connectivity index (χ1n) is 9.93. The minimum absolute atomic E-state index is 0.0131. The average molecular weight is 472 g/mol. The minimum Gasteiger partial charge on any atom is -0.481 e. The van der Waals surface area contributed by atoms with Gasteiger partial charge in [0.15, 0.2) is 0 Å². The van der Waals surface area contributed by atoms with Gasteiger partial charge in [0.1, 0.15) is 5.82 Å². The Morgan fingerprint density at radius 2 is 1.78 bits per heavy atom. The summed E-state index contributed by atoms with van der Waals surface area (Å²) < 4.78 is 66.5. The predicted molar refractivity (Wildman–Crippen MR) is 112 cm³/mol. The second-order valence-corrected chi connectivity index (χ2v) is 9.84. The first-order chi connectivity index (χ1) is 14.8. The fourth-order valence-electron chi connectivity index (χ4n) is 3.99. The van der Waals surface area contributed by atoms with Crippen molar-refractivity contribution in [3.05, 3.63) is 53.2 Å². The Morgan fingerprint density at radius 3 is 2.28 bits per heavy atom. The normalized spacial score (nSPS) is 20.4. The fraction of sp³-hybridized carbons (Fsp3) is 0.429. The number of hydrogen-bond donors (Lipinski definition) is 1. The van der Waals surface area contributed by atoms with Crippen molar-refractivity contribution in [2.75, 3.05) is 18.0 Å². The number of anilines is 1. The monoisotopic (exact) mass is 471 g/mol. The van der Waals surface area contributed by atoms with Gasteiger partial charge in [-0.25, -0.2) is 13.4 Å². The van der Waals surface area contributed by atoms with Crippen LogP contribution in [0.3, 0.4) is 0 Å². The van der Waals surface area contributed by atoms with Crippen molar-refractivity contribution >= 4 is 21.8 Å². The van der Waals surface area contributed by atoms with Gasteiger partial charge >= 0.3 is 12.1 Å². The van der Waals surface area contributed by atoms with Crippen molar-refractivity contribution in [1.82, 2.24) is 9.29 Å². The molecule has 1 aromatic heterocycles. The van der Waals surface area contributed by atoms with Crippen LogP contribution in [0.5, 0.6) is 0 Å². The highest BCUT2D eigenvalue weighted by atomic mass is 32.2. The molecular weight excluding hydrogens is 447 g/mol. The number of benzene rings is 1. The van der Waals surface area contributed by atoms with Gasteiger partial charge in [0.2, 0.25) is 10.0 Å². The number of rotatable bonds is 5. The van der Waals surface area contributed by atoms with Gasteiger partial charge in [0.05, 0.1) is 16.9 Å². The highest BCUT2D eigenvalue weighted by molar-refractivity contribution is 7.89. The van der Waals surface area contributed by atoms with Crippen LogP contribution in [0, 0.1) is 6.92 Å². The van der Waals surface area contributed by atoms with Gasteiger partial charge in [0.25, 0.3) is 0 Å². The van der Waals surface area contributed by atoms with Crippen LogP contribution in [-0.2, 0) is 27.4 Å². The number of halogens is 3. The third-order valence-corrected chi connectivity index (χ3v) is 7.60. The van der Waals surface area contributed by atoms with E-state index in [2.05, 4.69) is 4.98 Å². The van der Waals surface area contributed by atoms with Crippen LogP contribution in [0.15, 0.2) is 41.4 Å². The Morgan fingerprint density at radius 1 is 1.16 bits per heavy atom. The maximum Gasteiger partial charge on any atom is 0.417 e. The Hall–Kier alpha value is -2.66. The van der Waals surface area contributed by atoms with E-state index in [4.69, 9.17) is 5.11 Å². The summed E-state index contributed by atoms with van der Waals surface area (Å²) in [5.41, 5.74) is 0.261. The molecule has 174 valence electrons. The largest absolute Gasteiger partial charge is 0.481 e. The molecule has 11 heteroatoms. The van der Waals surface area contributed by atoms with Crippen molar-refractivity contribution in [2.24, 2.45) is 0 Å². The first-order valence-corrected chi connectivity index (χ1v) is 11.4. The number of aryl methyl sites for hydroxylation is 1. The number of aromatic nitrogens is 1. The number of nitrogens with zero attached hydrogens (tertiary/aromatic N) is 3. The summed E-state index contributed by atoms with van der Waals surface area (Å²) in [7, 11) is -3.92. The van der Waals surface area contributed by atoms with E-state index < -0.39 is 39.8 Å². The molecule has 7 nitrogen and oxygen atoms in total. The summed E-state index contributed by atoms with van der Waals surface area (Å²) in [6, 6.07) is 5.69. The quantitative estimate of drug-likeness (QED) is 0.720. The summed E-state index contributed by atoms with van der Waals surface area (Å²) in [5.74, 6) is -0.713. The molecule has 1 N–H and O–H groups in total. The van der Waals surface area contributed by atoms with E-state index in [-0.39, 0.29) is 24.4 Å². The zero-order valence-corrected chi connectivity index (χ0v) is 18.6. The van der Waals surface area contributed by atoms with Crippen LogP contribution in [0.25, 0.3) is 0 Å². The maximum atomic E-state index is 13.4. The number of alkyl halides is 3. The first kappa shape index (κ1) is 24.0. The lowest BCUT2D eigenvalue weighted by Crippen LogP contribution is -2.58. The van der Waals surface area contributed by atoms with E-state index in [9.17, 15) is 26.4 Å². The van der Waals surface area contributed by atoms with Crippen LogP contribution in [0.2, 0.25) is 0 Å². The average Bonchev–Trinajstić information content (AvgIpc) is 2.68. The highest BCUT2D eigenvalue weighted by Crippen LogP contribution is 2.31.